The van der Waals surface area contributed by atoms with Gasteiger partial charge in [0.2, 0.25) is 11.6 Å². The lowest BCUT2D eigenvalue weighted by Crippen LogP contribution is -2.36. The maximum Gasteiger partial charge on any atom is 0.268 e. The Labute approximate surface area is 170 Å². The molecular weight excluding hydrogens is 388 g/mol. The average Bonchev–Trinajstić information content (AvgIpc) is 3.22. The Balaban J connectivity index is 1.89. The Morgan fingerprint density at radius 1 is 0.862 bits per heavy atom. The number of sulfonamides is 1. The number of allylic oxidation sites excluding steroid dienone is 2. The summed E-state index contributed by atoms with van der Waals surface area (Å²) < 4.78 is 29.3. The Hall–Kier alpha value is -2.93. The van der Waals surface area contributed by atoms with Crippen molar-refractivity contribution in [2.24, 2.45) is 0 Å². The van der Waals surface area contributed by atoms with Gasteiger partial charge in [0.05, 0.1) is 5.69 Å². The van der Waals surface area contributed by atoms with E-state index in [1.54, 1.807) is 35.2 Å². The number of anilines is 1. The summed E-state index contributed by atoms with van der Waals surface area (Å²) in [6.45, 7) is 4.80. The number of likely N-dealkylation sites (tertiary alicyclic amines) is 1. The molecule has 1 fully saturated rings. The lowest BCUT2D eigenvalue weighted by atomic mass is 9.92. The first-order chi connectivity index (χ1) is 13.8. The van der Waals surface area contributed by atoms with E-state index >= 15 is 0 Å². The highest BCUT2D eigenvalue weighted by Gasteiger charge is 2.42. The Morgan fingerprint density at radius 3 is 2.14 bits per heavy atom. The van der Waals surface area contributed by atoms with E-state index in [9.17, 15) is 18.0 Å². The summed E-state index contributed by atoms with van der Waals surface area (Å²) in [7, 11) is -4.27. The largest absolute Gasteiger partial charge is 0.367 e. The van der Waals surface area contributed by atoms with Crippen LogP contribution in [0.3, 0.4) is 0 Å². The van der Waals surface area contributed by atoms with Gasteiger partial charge in [0.15, 0.2) is 4.91 Å². The Morgan fingerprint density at radius 2 is 1.48 bits per heavy atom. The number of carbonyl (C=O) groups is 2. The molecule has 1 aliphatic heterocycles. The van der Waals surface area contributed by atoms with Crippen LogP contribution >= 0.6 is 0 Å². The molecule has 7 heteroatoms. The topological polar surface area (TPSA) is 83.6 Å². The van der Waals surface area contributed by atoms with Crippen LogP contribution < -0.4 is 4.72 Å². The molecule has 0 radical (unpaired) electrons. The molecule has 1 heterocycles. The van der Waals surface area contributed by atoms with Gasteiger partial charge in [-0.05, 0) is 43.9 Å². The van der Waals surface area contributed by atoms with Gasteiger partial charge < -0.3 is 4.90 Å². The van der Waals surface area contributed by atoms with Gasteiger partial charge in [-0.1, -0.05) is 36.4 Å². The van der Waals surface area contributed by atoms with Crippen LogP contribution in [0.5, 0.6) is 0 Å². The zero-order valence-corrected chi connectivity index (χ0v) is 17.2. The molecule has 2 aromatic rings. The lowest BCUT2D eigenvalue weighted by molar-refractivity contribution is 0.0953. The highest BCUT2D eigenvalue weighted by Crippen LogP contribution is 2.34. The molecule has 150 valence electrons. The third kappa shape index (κ3) is 3.25. The fourth-order valence-electron chi connectivity index (χ4n) is 3.87. The molecule has 2 aromatic carbocycles. The predicted octanol–water partition coefficient (Wildman–Crippen LogP) is 3.43. The van der Waals surface area contributed by atoms with E-state index in [0.717, 1.165) is 24.0 Å². The van der Waals surface area contributed by atoms with Gasteiger partial charge in [0, 0.05) is 24.2 Å². The van der Waals surface area contributed by atoms with Crippen molar-refractivity contribution in [3.63, 3.8) is 0 Å². The second-order valence-electron chi connectivity index (χ2n) is 7.43. The van der Waals surface area contributed by atoms with Crippen molar-refractivity contribution in [2.75, 3.05) is 17.8 Å². The number of Topliss-reactive ketones (excluding diaryl/α,β-unsaturated/α-hetero) is 2. The summed E-state index contributed by atoms with van der Waals surface area (Å²) >= 11 is 0. The van der Waals surface area contributed by atoms with Crippen molar-refractivity contribution in [3.8, 4) is 0 Å². The molecule has 1 saturated heterocycles. The molecule has 6 nitrogen and oxygen atoms in total. The fourth-order valence-corrected chi connectivity index (χ4v) is 5.32. The van der Waals surface area contributed by atoms with Gasteiger partial charge >= 0.3 is 0 Å². The molecule has 0 aromatic heterocycles. The van der Waals surface area contributed by atoms with Gasteiger partial charge in [0.1, 0.15) is 5.70 Å². The number of fused-ring (bicyclic) bond motifs is 1. The minimum Gasteiger partial charge on any atom is -0.367 e. The smallest absolute Gasteiger partial charge is 0.268 e. The third-order valence-corrected chi connectivity index (χ3v) is 7.00. The maximum absolute atomic E-state index is 13.4. The van der Waals surface area contributed by atoms with Crippen LogP contribution in [0.2, 0.25) is 0 Å². The molecule has 1 aliphatic carbocycles. The molecule has 0 bridgehead atoms. The van der Waals surface area contributed by atoms with Gasteiger partial charge in [-0.2, -0.15) is 0 Å². The summed E-state index contributed by atoms with van der Waals surface area (Å²) in [6.07, 6.45) is 1.70. The van der Waals surface area contributed by atoms with Crippen LogP contribution in [-0.2, 0) is 10.0 Å². The van der Waals surface area contributed by atoms with Gasteiger partial charge in [-0.3, -0.25) is 14.3 Å². The van der Waals surface area contributed by atoms with E-state index in [1.807, 2.05) is 19.9 Å². The molecule has 29 heavy (non-hydrogen) atoms. The predicted molar refractivity (Wildman–Crippen MR) is 111 cm³/mol. The van der Waals surface area contributed by atoms with Crippen molar-refractivity contribution in [1.29, 1.82) is 0 Å². The highest BCUT2D eigenvalue weighted by molar-refractivity contribution is 7.97. The van der Waals surface area contributed by atoms with Crippen LogP contribution in [0.15, 0.2) is 53.1 Å². The van der Waals surface area contributed by atoms with Crippen molar-refractivity contribution < 1.29 is 18.0 Å². The van der Waals surface area contributed by atoms with E-state index in [4.69, 9.17) is 0 Å². The second kappa shape index (κ2) is 7.15. The van der Waals surface area contributed by atoms with Gasteiger partial charge in [-0.15, -0.1) is 0 Å². The van der Waals surface area contributed by atoms with E-state index in [2.05, 4.69) is 4.72 Å². The van der Waals surface area contributed by atoms with Crippen LogP contribution in [0.1, 0.15) is 44.7 Å². The minimum absolute atomic E-state index is 0.0102. The van der Waals surface area contributed by atoms with Crippen LogP contribution in [0.25, 0.3) is 0 Å². The zero-order valence-electron chi connectivity index (χ0n) is 16.4. The molecule has 0 atom stereocenters. The van der Waals surface area contributed by atoms with Crippen LogP contribution in [0, 0.1) is 13.8 Å². The number of ketones is 2. The summed E-state index contributed by atoms with van der Waals surface area (Å²) in [4.78, 5) is 27.8. The first kappa shape index (κ1) is 19.4. The molecule has 1 N–H and O–H groups in total. The van der Waals surface area contributed by atoms with Crippen molar-refractivity contribution >= 4 is 27.3 Å². The SMILES string of the molecule is Cc1cccc(NS(=O)(=O)C2=C(N3CCCC3)C(=O)c3ccccc3C2=O)c1C. The van der Waals surface area contributed by atoms with Crippen molar-refractivity contribution in [2.45, 2.75) is 26.7 Å². The second-order valence-corrected chi connectivity index (χ2v) is 9.05. The lowest BCUT2D eigenvalue weighted by Gasteiger charge is -2.28. The Kier molecular flexibility index (Phi) is 4.78. The number of aryl methyl sites for hydroxylation is 1. The number of nitrogens with one attached hydrogen (secondary N) is 1. The normalized spacial score (nSPS) is 17.0. The minimum atomic E-state index is -4.27. The number of hydrogen-bond donors (Lipinski definition) is 1. The molecule has 0 spiro atoms. The third-order valence-electron chi connectivity index (χ3n) is 5.59. The van der Waals surface area contributed by atoms with Gasteiger partial charge in [-0.25, -0.2) is 8.42 Å². The van der Waals surface area contributed by atoms with E-state index in [1.165, 1.54) is 6.07 Å². The first-order valence-electron chi connectivity index (χ1n) is 9.58. The van der Waals surface area contributed by atoms with Gasteiger partial charge in [0.25, 0.3) is 10.0 Å². The highest BCUT2D eigenvalue weighted by atomic mass is 32.2. The quantitative estimate of drug-likeness (QED) is 0.835. The van der Waals surface area contributed by atoms with Crippen molar-refractivity contribution in [1.82, 2.24) is 4.90 Å². The molecule has 0 unspecified atom stereocenters. The Bertz CT molecular complexity index is 1160. The zero-order chi connectivity index (χ0) is 20.8. The maximum atomic E-state index is 13.4. The van der Waals surface area contributed by atoms with Crippen LogP contribution in [0.4, 0.5) is 5.69 Å². The number of carbonyl (C=O) groups excluding carboxylic acids is 2. The number of hydrogen-bond acceptors (Lipinski definition) is 5. The number of rotatable bonds is 4. The average molecular weight is 410 g/mol. The standard InChI is InChI=1S/C22H22N2O4S/c1-14-8-7-11-18(15(14)2)23-29(27,28)22-19(24-12-5-6-13-24)20(25)16-9-3-4-10-17(16)21(22)26/h3-4,7-11,23H,5-6,12-13H2,1-2H3. The number of benzene rings is 2. The van der Waals surface area contributed by atoms with Crippen molar-refractivity contribution in [3.05, 3.63) is 75.3 Å². The monoisotopic (exact) mass is 410 g/mol. The molecule has 2 aliphatic rings. The van der Waals surface area contributed by atoms with E-state index in [0.29, 0.717) is 18.8 Å². The van der Waals surface area contributed by atoms with E-state index in [-0.39, 0.29) is 16.8 Å². The summed E-state index contributed by atoms with van der Waals surface area (Å²) in [5, 5.41) is 0. The fraction of sp³-hybridized carbons (Fsp3) is 0.273. The summed E-state index contributed by atoms with van der Waals surface area (Å²) in [5.41, 5.74) is 2.47. The molecule has 4 rings (SSSR count). The molecular formula is C22H22N2O4S. The van der Waals surface area contributed by atoms with Crippen LogP contribution in [-0.4, -0.2) is 38.0 Å². The molecule has 0 saturated carbocycles. The first-order valence-corrected chi connectivity index (χ1v) is 11.1. The molecule has 0 amide bonds. The number of nitrogens with zero attached hydrogens (tertiary/aromatic N) is 1. The summed E-state index contributed by atoms with van der Waals surface area (Å²) in [5.74, 6) is -1.05. The van der Waals surface area contributed by atoms with E-state index < -0.39 is 26.5 Å². The summed E-state index contributed by atoms with van der Waals surface area (Å²) in [6, 6.07) is 11.7.